The fraction of sp³-hybridized carbons (Fsp3) is 0.712. The molecule has 0 saturated carbocycles. The van der Waals surface area contributed by atoms with Crippen molar-refractivity contribution in [2.45, 2.75) is 249 Å². The first-order valence-electron chi connectivity index (χ1n) is 31.8. The Morgan fingerprint density at radius 1 is 0.629 bits per heavy atom. The maximum atomic E-state index is 13.4. The number of sulfone groups is 1. The Labute approximate surface area is 527 Å². The Balaban J connectivity index is 0.820. The molecule has 16 atom stereocenters. The number of hydrogen-bond acceptors (Lipinski definition) is 17. The van der Waals surface area contributed by atoms with Gasteiger partial charge in [-0.1, -0.05) is 61.4 Å². The van der Waals surface area contributed by atoms with Crippen LogP contribution in [0.15, 0.2) is 71.9 Å². The molecule has 5 N–H and O–H groups in total. The van der Waals surface area contributed by atoms with E-state index in [-0.39, 0.29) is 145 Å². The summed E-state index contributed by atoms with van der Waals surface area (Å²) in [4.78, 5) is 88.6. The molecule has 0 aliphatic carbocycles. The maximum Gasteiger partial charge on any atom is 0.306 e. The number of epoxide rings is 2. The molecule has 2 spiro atoms. The zero-order valence-corrected chi connectivity index (χ0v) is 55.2. The maximum absolute atomic E-state index is 13.4. The number of unbranched alkanes of at least 4 members (excludes halogenated alkanes) is 1. The Bertz CT molecular complexity index is 2770. The molecule has 89 heavy (non-hydrogen) atoms. The molecular formula is C66H101N5O17S. The van der Waals surface area contributed by atoms with E-state index >= 15 is 0 Å². The van der Waals surface area contributed by atoms with Gasteiger partial charge in [0.25, 0.3) is 0 Å². The molecule has 0 aromatic carbocycles. The van der Waals surface area contributed by atoms with Crippen LogP contribution < -0.4 is 26.6 Å². The number of carbonyl (C=O) groups is 7. The van der Waals surface area contributed by atoms with Gasteiger partial charge < -0.3 is 64.5 Å². The fourth-order valence-corrected chi connectivity index (χ4v) is 12.4. The summed E-state index contributed by atoms with van der Waals surface area (Å²) < 4.78 is 70.5. The SMILES string of the molecule is CC(=O)O[C@@H](C)/C=C\C(=O)N[C@@H]1C[C@H](C)[C@H](C/C=C(C)/C=C/[C@@H]2C[C@]3(CO3)C[C@@H](CC(=O)NC(C)(C)C(=O)NCCCCC(=O)O[C@@H](C)/C=C\C(=O)N[C@@H]3C[C@H](C)[C@H](C/C=C(C)/C=C/[C@@H]4C[C@]5(CO5)C[C@@H](CC(=O)NCCS(C)(=O)=O)O4)O[C@@H]3C)O2)O[C@@H]1C. The zero-order valence-electron chi connectivity index (χ0n) is 54.4. The molecule has 6 aliphatic rings. The Kier molecular flexibility index (Phi) is 27.0. The molecule has 6 rings (SSSR count). The number of rotatable bonds is 30. The van der Waals surface area contributed by atoms with E-state index in [1.54, 1.807) is 33.8 Å². The first-order valence-corrected chi connectivity index (χ1v) is 33.9. The van der Waals surface area contributed by atoms with Gasteiger partial charge in [0.1, 0.15) is 27.6 Å². The summed E-state index contributed by atoms with van der Waals surface area (Å²) in [6, 6.07) is -0.370. The molecule has 23 heteroatoms. The molecular weight excluding hydrogens is 1170 g/mol. The number of esters is 2. The lowest BCUT2D eigenvalue weighted by molar-refractivity contribution is -0.146. The molecule has 6 aliphatic heterocycles. The highest BCUT2D eigenvalue weighted by atomic mass is 32.2. The van der Waals surface area contributed by atoms with Crippen LogP contribution in [0.2, 0.25) is 0 Å². The van der Waals surface area contributed by atoms with Gasteiger partial charge in [0.2, 0.25) is 29.5 Å². The summed E-state index contributed by atoms with van der Waals surface area (Å²) in [5, 5.41) is 14.5. The van der Waals surface area contributed by atoms with E-state index in [0.29, 0.717) is 71.0 Å². The van der Waals surface area contributed by atoms with Crippen LogP contribution in [0.5, 0.6) is 0 Å². The topological polar surface area (TPSA) is 294 Å². The van der Waals surface area contributed by atoms with E-state index in [1.807, 2.05) is 52.0 Å². The first-order chi connectivity index (χ1) is 41.9. The van der Waals surface area contributed by atoms with Gasteiger partial charge in [0.05, 0.1) is 104 Å². The highest BCUT2D eigenvalue weighted by molar-refractivity contribution is 7.90. The minimum Gasteiger partial charge on any atom is -0.459 e. The van der Waals surface area contributed by atoms with Crippen molar-refractivity contribution in [3.8, 4) is 0 Å². The predicted molar refractivity (Wildman–Crippen MR) is 334 cm³/mol. The van der Waals surface area contributed by atoms with E-state index in [1.165, 1.54) is 25.2 Å². The van der Waals surface area contributed by atoms with Crippen molar-refractivity contribution in [2.75, 3.05) is 38.3 Å². The standard InChI is InChI=1S/C66H101N5O17S/c1-41(16-22-50-35-65(39-81-65)37-52(87-50)33-60(75)67-29-30-89(12,79)80)18-24-57-44(4)32-55(48(8)86-57)70-59(74)27-21-46(6)84-62(77)15-13-14-28-68-63(78)64(10,11)71-61(76)34-53-38-66(40-82-66)36-51(88-53)23-17-42(2)19-25-56-43(3)31-54(47(7)85-56)69-58(73)26-20-45(5)83-49(9)72/h16-23,26-27,43-48,50-57H,13-15,24-25,28-40H2,1-12H3,(H,67,75)(H,68,78)(H,69,73)(H,70,74)(H,71,76)/b22-16+,23-17+,26-20-,27-21-,41-18+,42-19+/t43-,44-,45-,46-,47+,48+,50+,51+,52+,53+,54+,55+,56-,57-,65+,66+/m0/s1. The Morgan fingerprint density at radius 3 is 1.56 bits per heavy atom. The molecule has 22 nitrogen and oxygen atoms in total. The average molecular weight is 1270 g/mol. The monoisotopic (exact) mass is 1270 g/mol. The molecule has 498 valence electrons. The van der Waals surface area contributed by atoms with Crippen LogP contribution >= 0.6 is 0 Å². The molecule has 0 aromatic rings. The first kappa shape index (κ1) is 72.5. The predicted octanol–water partition coefficient (Wildman–Crippen LogP) is 6.12. The second-order valence-corrected chi connectivity index (χ2v) is 28.6. The molecule has 6 fully saturated rings. The van der Waals surface area contributed by atoms with Crippen LogP contribution in [0, 0.1) is 11.8 Å². The van der Waals surface area contributed by atoms with Crippen molar-refractivity contribution in [1.82, 2.24) is 26.6 Å². The van der Waals surface area contributed by atoms with Gasteiger partial charge >= 0.3 is 11.9 Å². The molecule has 6 heterocycles. The number of allylic oxidation sites excluding steroid dienone is 4. The summed E-state index contributed by atoms with van der Waals surface area (Å²) >= 11 is 0. The minimum atomic E-state index is -3.18. The highest BCUT2D eigenvalue weighted by Crippen LogP contribution is 2.44. The summed E-state index contributed by atoms with van der Waals surface area (Å²) in [7, 11) is -3.18. The lowest BCUT2D eigenvalue weighted by atomic mass is 9.88. The van der Waals surface area contributed by atoms with Crippen LogP contribution in [0.1, 0.15) is 160 Å². The number of ether oxygens (including phenoxy) is 8. The Morgan fingerprint density at radius 2 is 1.10 bits per heavy atom. The normalized spacial score (nSPS) is 31.6. The zero-order chi connectivity index (χ0) is 65.3. The third-order valence-corrected chi connectivity index (χ3v) is 18.2. The lowest BCUT2D eigenvalue weighted by Gasteiger charge is -2.39. The largest absolute Gasteiger partial charge is 0.459 e. The third kappa shape index (κ3) is 25.6. The summed E-state index contributed by atoms with van der Waals surface area (Å²) in [5.74, 6) is -2.13. The molecule has 6 saturated heterocycles. The van der Waals surface area contributed by atoms with E-state index in [4.69, 9.17) is 37.9 Å². The van der Waals surface area contributed by atoms with Crippen LogP contribution in [-0.4, -0.2) is 178 Å². The van der Waals surface area contributed by atoms with Crippen molar-refractivity contribution in [3.05, 3.63) is 71.9 Å². The van der Waals surface area contributed by atoms with Gasteiger partial charge in [-0.3, -0.25) is 33.6 Å². The van der Waals surface area contributed by atoms with Crippen molar-refractivity contribution in [2.24, 2.45) is 11.8 Å². The van der Waals surface area contributed by atoms with Crippen LogP contribution in [0.25, 0.3) is 0 Å². The van der Waals surface area contributed by atoms with Crippen LogP contribution in [0.4, 0.5) is 0 Å². The molecule has 0 unspecified atom stereocenters. The average Bonchev–Trinajstić information content (AvgIpc) is 1.69. The smallest absolute Gasteiger partial charge is 0.306 e. The molecule has 0 bridgehead atoms. The molecule has 5 amide bonds. The Hall–Kier alpha value is -5.56. The quantitative estimate of drug-likeness (QED) is 0.0178. The fourth-order valence-electron chi connectivity index (χ4n) is 11.9. The van der Waals surface area contributed by atoms with Crippen molar-refractivity contribution in [1.29, 1.82) is 0 Å². The number of hydrogen-bond donors (Lipinski definition) is 5. The van der Waals surface area contributed by atoms with E-state index in [9.17, 15) is 42.0 Å². The van der Waals surface area contributed by atoms with Gasteiger partial charge in [-0.15, -0.1) is 0 Å². The summed E-state index contributed by atoms with van der Waals surface area (Å²) in [6.45, 7) is 21.7. The third-order valence-electron chi connectivity index (χ3n) is 17.2. The van der Waals surface area contributed by atoms with Crippen molar-refractivity contribution in [3.63, 3.8) is 0 Å². The minimum absolute atomic E-state index is 0.0282. The van der Waals surface area contributed by atoms with Gasteiger partial charge in [-0.25, -0.2) is 8.42 Å². The van der Waals surface area contributed by atoms with Crippen LogP contribution in [0.3, 0.4) is 0 Å². The van der Waals surface area contributed by atoms with Crippen molar-refractivity contribution >= 4 is 51.3 Å². The number of carbonyl (C=O) groups excluding carboxylic acids is 7. The van der Waals surface area contributed by atoms with E-state index in [0.717, 1.165) is 23.8 Å². The van der Waals surface area contributed by atoms with E-state index < -0.39 is 45.6 Å². The second-order valence-electron chi connectivity index (χ2n) is 26.4. The second kappa shape index (κ2) is 33.1. The lowest BCUT2D eigenvalue weighted by Crippen LogP contribution is -2.55. The van der Waals surface area contributed by atoms with Gasteiger partial charge in [-0.2, -0.15) is 0 Å². The van der Waals surface area contributed by atoms with Crippen molar-refractivity contribution < 1.29 is 79.9 Å². The van der Waals surface area contributed by atoms with E-state index in [2.05, 4.69) is 52.6 Å². The molecule has 0 radical (unpaired) electrons. The number of amides is 5. The van der Waals surface area contributed by atoms with Gasteiger partial charge in [0.15, 0.2) is 0 Å². The van der Waals surface area contributed by atoms with Gasteiger partial charge in [0, 0.05) is 70.5 Å². The van der Waals surface area contributed by atoms with Crippen LogP contribution in [-0.2, 0) is 81.3 Å². The van der Waals surface area contributed by atoms with Gasteiger partial charge in [-0.05, 0) is 118 Å². The summed E-state index contributed by atoms with van der Waals surface area (Å²) in [6.07, 6.45) is 23.0. The highest BCUT2D eigenvalue weighted by Gasteiger charge is 2.53. The summed E-state index contributed by atoms with van der Waals surface area (Å²) in [5.41, 5.74) is 0.235. The number of nitrogens with one attached hydrogen (secondary N) is 5. The molecule has 0 aromatic heterocycles.